The molecule has 0 unspecified atom stereocenters. The van der Waals surface area contributed by atoms with Crippen LogP contribution in [-0.4, -0.2) is 13.7 Å². The molecule has 3 heteroatoms. The molecule has 0 atom stereocenters. The number of rotatable bonds is 3. The summed E-state index contributed by atoms with van der Waals surface area (Å²) in [7, 11) is 0. The Hall–Kier alpha value is -5.54. The van der Waals surface area contributed by atoms with Gasteiger partial charge in [-0.15, -0.1) is 0 Å². The molecule has 0 aliphatic heterocycles. The molecule has 0 radical (unpaired) electrons. The van der Waals surface area contributed by atoms with Gasteiger partial charge in [-0.1, -0.05) is 78.9 Å². The summed E-state index contributed by atoms with van der Waals surface area (Å²) in [5.41, 5.74) is 9.59. The van der Waals surface area contributed by atoms with E-state index in [1.165, 1.54) is 60.2 Å². The molecular formula is C38H25N3. The van der Waals surface area contributed by atoms with Gasteiger partial charge >= 0.3 is 0 Å². The lowest BCUT2D eigenvalue weighted by atomic mass is 10.1. The summed E-state index contributed by atoms with van der Waals surface area (Å²) in [6.45, 7) is 0. The zero-order valence-corrected chi connectivity index (χ0v) is 22.3. The van der Waals surface area contributed by atoms with Gasteiger partial charge in [0.15, 0.2) is 0 Å². The number of nitrogens with zero attached hydrogens (tertiary/aromatic N) is 3. The van der Waals surface area contributed by atoms with Crippen LogP contribution in [0.25, 0.3) is 71.6 Å². The van der Waals surface area contributed by atoms with Crippen molar-refractivity contribution in [2.45, 2.75) is 0 Å². The Kier molecular flexibility index (Phi) is 4.61. The fourth-order valence-electron chi connectivity index (χ4n) is 6.71. The molecule has 9 aromatic rings. The first-order valence-electron chi connectivity index (χ1n) is 14.0. The lowest BCUT2D eigenvalue weighted by Gasteiger charge is -2.12. The predicted molar refractivity (Wildman–Crippen MR) is 172 cm³/mol. The number of fused-ring (bicyclic) bond motifs is 8. The van der Waals surface area contributed by atoms with E-state index in [1.807, 2.05) is 0 Å². The molecule has 3 nitrogen and oxygen atoms in total. The molecule has 0 aliphatic rings. The van der Waals surface area contributed by atoms with Crippen molar-refractivity contribution in [3.05, 3.63) is 152 Å². The average molecular weight is 524 g/mol. The highest BCUT2D eigenvalue weighted by molar-refractivity contribution is 6.18. The predicted octanol–water partition coefficient (Wildman–Crippen LogP) is 9.82. The lowest BCUT2D eigenvalue weighted by Crippen LogP contribution is -1.97. The minimum absolute atomic E-state index is 1.15. The topological polar surface area (TPSA) is 14.8 Å². The fourth-order valence-corrected chi connectivity index (χ4v) is 6.71. The van der Waals surface area contributed by atoms with E-state index in [1.54, 1.807) is 0 Å². The smallest absolute Gasteiger partial charge is 0.0635 e. The molecule has 6 aromatic carbocycles. The minimum Gasteiger partial charge on any atom is -0.316 e. The number of benzene rings is 6. The van der Waals surface area contributed by atoms with Crippen LogP contribution in [0.3, 0.4) is 0 Å². The van der Waals surface area contributed by atoms with E-state index in [2.05, 4.69) is 165 Å². The van der Waals surface area contributed by atoms with Crippen molar-refractivity contribution in [3.8, 4) is 17.1 Å². The van der Waals surface area contributed by atoms with Gasteiger partial charge in [-0.3, -0.25) is 0 Å². The van der Waals surface area contributed by atoms with Gasteiger partial charge in [0.25, 0.3) is 0 Å². The first-order chi connectivity index (χ1) is 20.4. The van der Waals surface area contributed by atoms with Gasteiger partial charge < -0.3 is 13.7 Å². The highest BCUT2D eigenvalue weighted by Gasteiger charge is 2.17. The molecule has 0 aliphatic carbocycles. The van der Waals surface area contributed by atoms with Gasteiger partial charge in [-0.2, -0.15) is 0 Å². The molecule has 41 heavy (non-hydrogen) atoms. The molecule has 9 rings (SSSR count). The number of para-hydroxylation sites is 4. The molecular weight excluding hydrogens is 498 g/mol. The van der Waals surface area contributed by atoms with Crippen LogP contribution < -0.4 is 0 Å². The summed E-state index contributed by atoms with van der Waals surface area (Å²) in [4.78, 5) is 0. The van der Waals surface area contributed by atoms with Crippen molar-refractivity contribution in [2.75, 3.05) is 0 Å². The zero-order chi connectivity index (χ0) is 26.9. The van der Waals surface area contributed by atoms with Gasteiger partial charge in [0, 0.05) is 50.2 Å². The van der Waals surface area contributed by atoms with Crippen LogP contribution in [0.2, 0.25) is 0 Å². The second kappa shape index (κ2) is 8.48. The van der Waals surface area contributed by atoms with Crippen LogP contribution in [-0.2, 0) is 0 Å². The van der Waals surface area contributed by atoms with Crippen LogP contribution in [0.1, 0.15) is 0 Å². The maximum atomic E-state index is 2.43. The first-order valence-corrected chi connectivity index (χ1v) is 14.0. The van der Waals surface area contributed by atoms with Crippen LogP contribution >= 0.6 is 0 Å². The van der Waals surface area contributed by atoms with E-state index in [0.717, 1.165) is 11.4 Å². The van der Waals surface area contributed by atoms with Gasteiger partial charge in [-0.05, 0) is 66.7 Å². The van der Waals surface area contributed by atoms with Crippen molar-refractivity contribution in [1.29, 1.82) is 0 Å². The van der Waals surface area contributed by atoms with Crippen molar-refractivity contribution < 1.29 is 0 Å². The van der Waals surface area contributed by atoms with Gasteiger partial charge in [-0.25, -0.2) is 0 Å². The van der Waals surface area contributed by atoms with E-state index >= 15 is 0 Å². The van der Waals surface area contributed by atoms with Crippen LogP contribution in [0.15, 0.2) is 152 Å². The third-order valence-corrected chi connectivity index (χ3v) is 8.48. The van der Waals surface area contributed by atoms with Gasteiger partial charge in [0.2, 0.25) is 0 Å². The summed E-state index contributed by atoms with van der Waals surface area (Å²) in [6.07, 6.45) is 2.19. The van der Waals surface area contributed by atoms with E-state index in [-0.39, 0.29) is 0 Å². The van der Waals surface area contributed by atoms with E-state index in [4.69, 9.17) is 0 Å². The largest absolute Gasteiger partial charge is 0.316 e. The molecule has 0 fully saturated rings. The Balaban J connectivity index is 1.29. The Labute approximate surface area is 236 Å². The Morgan fingerprint density at radius 3 is 1.44 bits per heavy atom. The third-order valence-electron chi connectivity index (χ3n) is 8.48. The maximum absolute atomic E-state index is 2.43. The van der Waals surface area contributed by atoms with E-state index < -0.39 is 0 Å². The zero-order valence-electron chi connectivity index (χ0n) is 22.3. The standard InChI is InChI=1S/C38H25N3/c1-2-10-26(11-3-1)39-25-24-33-34(39)23-22-32-31-14-6-9-17-37(31)41(38(32)33)28-20-18-27(19-21-28)40-35-15-7-4-12-29(35)30-13-5-8-16-36(30)40/h1-25H. The summed E-state index contributed by atoms with van der Waals surface area (Å²) in [6, 6.07) is 52.5. The fraction of sp³-hybridized carbons (Fsp3) is 0. The molecule has 3 aromatic heterocycles. The normalized spacial score (nSPS) is 11.9. The third kappa shape index (κ3) is 3.14. The van der Waals surface area contributed by atoms with Gasteiger partial charge in [0.05, 0.1) is 27.6 Å². The quantitative estimate of drug-likeness (QED) is 0.219. The SMILES string of the molecule is c1ccc(-n2ccc3c2ccc2c4ccccc4n(-c4ccc(-n5c6ccccc6c6ccccc65)cc4)c23)cc1. The number of aromatic nitrogens is 3. The summed E-state index contributed by atoms with van der Waals surface area (Å²) in [5, 5.41) is 6.34. The van der Waals surface area contributed by atoms with Gasteiger partial charge in [0.1, 0.15) is 0 Å². The molecule has 3 heterocycles. The Bertz CT molecular complexity index is 2350. The van der Waals surface area contributed by atoms with Crippen molar-refractivity contribution in [1.82, 2.24) is 13.7 Å². The summed E-state index contributed by atoms with van der Waals surface area (Å²) < 4.78 is 7.08. The second-order valence-electron chi connectivity index (χ2n) is 10.7. The Morgan fingerprint density at radius 1 is 0.293 bits per heavy atom. The molecule has 0 amide bonds. The van der Waals surface area contributed by atoms with E-state index in [0.29, 0.717) is 0 Å². The summed E-state index contributed by atoms with van der Waals surface area (Å²) >= 11 is 0. The highest BCUT2D eigenvalue weighted by Crippen LogP contribution is 2.38. The molecule has 0 saturated heterocycles. The second-order valence-corrected chi connectivity index (χ2v) is 10.7. The lowest BCUT2D eigenvalue weighted by molar-refractivity contribution is 1.13. The minimum atomic E-state index is 1.15. The molecule has 0 spiro atoms. The van der Waals surface area contributed by atoms with Crippen LogP contribution in [0.5, 0.6) is 0 Å². The number of hydrogen-bond donors (Lipinski definition) is 0. The Morgan fingerprint density at radius 2 is 0.805 bits per heavy atom. The first kappa shape index (κ1) is 22.3. The highest BCUT2D eigenvalue weighted by atomic mass is 15.0. The van der Waals surface area contributed by atoms with Crippen molar-refractivity contribution in [3.63, 3.8) is 0 Å². The molecule has 192 valence electrons. The van der Waals surface area contributed by atoms with E-state index in [9.17, 15) is 0 Å². The monoisotopic (exact) mass is 523 g/mol. The van der Waals surface area contributed by atoms with Crippen molar-refractivity contribution >= 4 is 54.5 Å². The molecule has 0 bridgehead atoms. The average Bonchev–Trinajstić information content (AvgIpc) is 3.72. The van der Waals surface area contributed by atoms with Crippen LogP contribution in [0, 0.1) is 0 Å². The van der Waals surface area contributed by atoms with Crippen molar-refractivity contribution in [2.24, 2.45) is 0 Å². The maximum Gasteiger partial charge on any atom is 0.0635 e. The summed E-state index contributed by atoms with van der Waals surface area (Å²) in [5.74, 6) is 0. The van der Waals surface area contributed by atoms with Crippen LogP contribution in [0.4, 0.5) is 0 Å². The molecule has 0 N–H and O–H groups in total. The number of hydrogen-bond acceptors (Lipinski definition) is 0. The molecule has 0 saturated carbocycles.